The van der Waals surface area contributed by atoms with E-state index in [2.05, 4.69) is 29.8 Å². The highest BCUT2D eigenvalue weighted by Gasteiger charge is 2.38. The van der Waals surface area contributed by atoms with Crippen LogP contribution >= 0.6 is 0 Å². The van der Waals surface area contributed by atoms with Gasteiger partial charge in [0.05, 0.1) is 0 Å². The Morgan fingerprint density at radius 3 is 2.95 bits per heavy atom. The van der Waals surface area contributed by atoms with E-state index in [0.29, 0.717) is 18.3 Å². The monoisotopic (exact) mass is 296 g/mol. The van der Waals surface area contributed by atoms with Crippen LogP contribution in [0.3, 0.4) is 0 Å². The Morgan fingerprint density at radius 2 is 2.18 bits per heavy atom. The van der Waals surface area contributed by atoms with Gasteiger partial charge in [-0.1, -0.05) is 25.6 Å². The standard InChI is InChI=1S/C19H24N2O/c1-12-10-21(17-5-6-17)11-16(12)9-19(22)15-4-3-14-7-13(2)20-18(14)8-15/h3-4,8,12,16-17,20H,2,5-7,9-11H2,1H3/t12-,16-/m0/s1. The van der Waals surface area contributed by atoms with E-state index in [1.165, 1.54) is 24.9 Å². The molecule has 0 radical (unpaired) electrons. The average Bonchev–Trinajstić information content (AvgIpc) is 3.17. The summed E-state index contributed by atoms with van der Waals surface area (Å²) in [5.74, 6) is 1.44. The normalized spacial score (nSPS) is 27.8. The number of ketones is 1. The van der Waals surface area contributed by atoms with Crippen molar-refractivity contribution >= 4 is 11.5 Å². The van der Waals surface area contributed by atoms with Crippen LogP contribution in [0.4, 0.5) is 5.69 Å². The van der Waals surface area contributed by atoms with Crippen LogP contribution in [0.25, 0.3) is 0 Å². The fourth-order valence-electron chi connectivity index (χ4n) is 3.92. The number of anilines is 1. The van der Waals surface area contributed by atoms with Crippen LogP contribution in [0.15, 0.2) is 30.5 Å². The molecule has 0 unspecified atom stereocenters. The first-order valence-corrected chi connectivity index (χ1v) is 8.45. The molecule has 1 aromatic rings. The smallest absolute Gasteiger partial charge is 0.163 e. The molecule has 3 nitrogen and oxygen atoms in total. The fourth-order valence-corrected chi connectivity index (χ4v) is 3.92. The summed E-state index contributed by atoms with van der Waals surface area (Å²) in [6.07, 6.45) is 4.27. The first kappa shape index (κ1) is 14.0. The minimum absolute atomic E-state index is 0.289. The van der Waals surface area contributed by atoms with Crippen LogP contribution < -0.4 is 5.32 Å². The van der Waals surface area contributed by atoms with Crippen LogP contribution in [-0.2, 0) is 6.42 Å². The van der Waals surface area contributed by atoms with Crippen molar-refractivity contribution in [2.24, 2.45) is 11.8 Å². The molecule has 2 fully saturated rings. The molecule has 1 saturated heterocycles. The minimum Gasteiger partial charge on any atom is -0.359 e. The SMILES string of the molecule is C=C1Cc2ccc(C(=O)C[C@H]3CN(C4CC4)C[C@@H]3C)cc2N1. The second-order valence-corrected chi connectivity index (χ2v) is 7.33. The third-order valence-electron chi connectivity index (χ3n) is 5.45. The minimum atomic E-state index is 0.289. The molecule has 0 aromatic heterocycles. The summed E-state index contributed by atoms with van der Waals surface area (Å²) in [5, 5.41) is 3.27. The Morgan fingerprint density at radius 1 is 1.36 bits per heavy atom. The number of Topliss-reactive ketones (excluding diaryl/α,β-unsaturated/α-hetero) is 1. The van der Waals surface area contributed by atoms with Gasteiger partial charge in [0.15, 0.2) is 5.78 Å². The van der Waals surface area contributed by atoms with Gasteiger partial charge in [-0.3, -0.25) is 9.69 Å². The molecule has 3 aliphatic rings. The van der Waals surface area contributed by atoms with Crippen LogP contribution in [0.5, 0.6) is 0 Å². The van der Waals surface area contributed by atoms with Gasteiger partial charge in [0, 0.05) is 48.9 Å². The molecule has 0 bridgehead atoms. The molecule has 3 heteroatoms. The zero-order valence-corrected chi connectivity index (χ0v) is 13.3. The van der Waals surface area contributed by atoms with Crippen molar-refractivity contribution in [3.8, 4) is 0 Å². The van der Waals surface area contributed by atoms with Gasteiger partial charge < -0.3 is 5.32 Å². The number of carbonyl (C=O) groups is 1. The number of allylic oxidation sites excluding steroid dienone is 1. The Balaban J connectivity index is 1.44. The summed E-state index contributed by atoms with van der Waals surface area (Å²) in [7, 11) is 0. The maximum atomic E-state index is 12.7. The Labute approximate surface area is 132 Å². The van der Waals surface area contributed by atoms with Crippen LogP contribution in [0.2, 0.25) is 0 Å². The van der Waals surface area contributed by atoms with Crippen LogP contribution in [-0.4, -0.2) is 29.8 Å². The molecule has 4 rings (SSSR count). The summed E-state index contributed by atoms with van der Waals surface area (Å²) < 4.78 is 0. The molecular formula is C19H24N2O. The number of benzene rings is 1. The quantitative estimate of drug-likeness (QED) is 0.864. The van der Waals surface area contributed by atoms with Crippen molar-refractivity contribution in [1.82, 2.24) is 4.90 Å². The van der Waals surface area contributed by atoms with Gasteiger partial charge in [0.2, 0.25) is 0 Å². The lowest BCUT2D eigenvalue weighted by molar-refractivity contribution is 0.0954. The predicted octanol–water partition coefficient (Wildman–Crippen LogP) is 3.47. The van der Waals surface area contributed by atoms with Crippen molar-refractivity contribution in [2.45, 2.75) is 38.6 Å². The molecule has 1 aromatic carbocycles. The van der Waals surface area contributed by atoms with Crippen molar-refractivity contribution in [3.63, 3.8) is 0 Å². The van der Waals surface area contributed by atoms with Gasteiger partial charge >= 0.3 is 0 Å². The molecule has 2 atom stereocenters. The lowest BCUT2D eigenvalue weighted by Gasteiger charge is -2.14. The number of carbonyl (C=O) groups excluding carboxylic acids is 1. The molecule has 1 N–H and O–H groups in total. The topological polar surface area (TPSA) is 32.3 Å². The van der Waals surface area contributed by atoms with E-state index in [1.54, 1.807) is 0 Å². The van der Waals surface area contributed by atoms with Gasteiger partial charge in [-0.15, -0.1) is 0 Å². The van der Waals surface area contributed by atoms with Gasteiger partial charge in [-0.25, -0.2) is 0 Å². The number of fused-ring (bicyclic) bond motifs is 1. The molecule has 2 aliphatic heterocycles. The summed E-state index contributed by atoms with van der Waals surface area (Å²) in [6.45, 7) is 8.55. The zero-order chi connectivity index (χ0) is 15.3. The number of nitrogens with zero attached hydrogens (tertiary/aromatic N) is 1. The van der Waals surface area contributed by atoms with Gasteiger partial charge in [-0.2, -0.15) is 0 Å². The van der Waals surface area contributed by atoms with Crippen LogP contribution in [0.1, 0.15) is 42.1 Å². The highest BCUT2D eigenvalue weighted by atomic mass is 16.1. The summed E-state index contributed by atoms with van der Waals surface area (Å²) >= 11 is 0. The number of likely N-dealkylation sites (tertiary alicyclic amines) is 1. The Kier molecular flexibility index (Phi) is 3.33. The van der Waals surface area contributed by atoms with E-state index >= 15 is 0 Å². The van der Waals surface area contributed by atoms with Crippen molar-refractivity contribution in [3.05, 3.63) is 41.6 Å². The molecule has 1 aliphatic carbocycles. The molecule has 1 saturated carbocycles. The molecule has 2 heterocycles. The summed E-state index contributed by atoms with van der Waals surface area (Å²) in [4.78, 5) is 15.2. The number of nitrogens with one attached hydrogen (secondary N) is 1. The van der Waals surface area contributed by atoms with E-state index in [1.807, 2.05) is 12.1 Å². The molecule has 22 heavy (non-hydrogen) atoms. The highest BCUT2D eigenvalue weighted by Crippen LogP contribution is 2.36. The second-order valence-electron chi connectivity index (χ2n) is 7.33. The van der Waals surface area contributed by atoms with Gasteiger partial charge in [0.1, 0.15) is 0 Å². The average molecular weight is 296 g/mol. The Hall–Kier alpha value is -1.61. The first-order valence-electron chi connectivity index (χ1n) is 8.45. The fraction of sp³-hybridized carbons (Fsp3) is 0.526. The van der Waals surface area contributed by atoms with Crippen molar-refractivity contribution in [2.75, 3.05) is 18.4 Å². The van der Waals surface area contributed by atoms with Gasteiger partial charge in [-0.05, 0) is 36.3 Å². The van der Waals surface area contributed by atoms with Gasteiger partial charge in [0.25, 0.3) is 0 Å². The van der Waals surface area contributed by atoms with Crippen molar-refractivity contribution in [1.29, 1.82) is 0 Å². The van der Waals surface area contributed by atoms with E-state index in [-0.39, 0.29) is 5.78 Å². The third-order valence-corrected chi connectivity index (χ3v) is 5.45. The van der Waals surface area contributed by atoms with E-state index in [0.717, 1.165) is 36.0 Å². The highest BCUT2D eigenvalue weighted by molar-refractivity contribution is 5.97. The van der Waals surface area contributed by atoms with E-state index in [4.69, 9.17) is 0 Å². The number of hydrogen-bond donors (Lipinski definition) is 1. The largest absolute Gasteiger partial charge is 0.359 e. The maximum Gasteiger partial charge on any atom is 0.163 e. The third kappa shape index (κ3) is 2.58. The Bertz CT molecular complexity index is 632. The molecular weight excluding hydrogens is 272 g/mol. The lowest BCUT2D eigenvalue weighted by atomic mass is 9.90. The second kappa shape index (κ2) is 5.24. The molecule has 0 spiro atoms. The van der Waals surface area contributed by atoms with Crippen LogP contribution in [0, 0.1) is 11.8 Å². The maximum absolute atomic E-state index is 12.7. The first-order chi connectivity index (χ1) is 10.6. The van der Waals surface area contributed by atoms with Crippen molar-refractivity contribution < 1.29 is 4.79 Å². The van der Waals surface area contributed by atoms with E-state index < -0.39 is 0 Å². The number of rotatable bonds is 4. The van der Waals surface area contributed by atoms with E-state index in [9.17, 15) is 4.79 Å². The molecule has 0 amide bonds. The lowest BCUT2D eigenvalue weighted by Crippen LogP contribution is -2.23. The molecule has 116 valence electrons. The number of hydrogen-bond acceptors (Lipinski definition) is 3. The summed E-state index contributed by atoms with van der Waals surface area (Å²) in [5.41, 5.74) is 4.17. The summed E-state index contributed by atoms with van der Waals surface area (Å²) in [6, 6.07) is 6.88. The predicted molar refractivity (Wildman–Crippen MR) is 89.1 cm³/mol. The zero-order valence-electron chi connectivity index (χ0n) is 13.3.